The molecule has 5 rings (SSSR count). The number of aliphatic hydroxyl groups excluding tert-OH is 1. The lowest BCUT2D eigenvalue weighted by Gasteiger charge is -2.32. The summed E-state index contributed by atoms with van der Waals surface area (Å²) in [5.41, 5.74) is 2.26. The molecule has 38 heavy (non-hydrogen) atoms. The summed E-state index contributed by atoms with van der Waals surface area (Å²) < 4.78 is 35.3. The van der Waals surface area contributed by atoms with Gasteiger partial charge in [-0.25, -0.2) is 18.7 Å². The molecule has 0 bridgehead atoms. The van der Waals surface area contributed by atoms with Crippen LogP contribution in [0.5, 0.6) is 0 Å². The van der Waals surface area contributed by atoms with Gasteiger partial charge in [-0.15, -0.1) is 0 Å². The van der Waals surface area contributed by atoms with Gasteiger partial charge in [0.1, 0.15) is 23.8 Å². The summed E-state index contributed by atoms with van der Waals surface area (Å²) in [5.74, 6) is 2.96. The molecule has 1 saturated heterocycles. The lowest BCUT2D eigenvalue weighted by Crippen LogP contribution is -2.33. The Bertz CT molecular complexity index is 1410. The molecule has 0 spiro atoms. The number of rotatable bonds is 9. The van der Waals surface area contributed by atoms with Gasteiger partial charge < -0.3 is 14.5 Å². The number of hydrogen-bond donors (Lipinski definition) is 1. The van der Waals surface area contributed by atoms with E-state index in [9.17, 15) is 8.78 Å². The third-order valence-corrected chi connectivity index (χ3v) is 7.96. The number of halogens is 2. The second kappa shape index (κ2) is 11.7. The molecular weight excluding hydrogens is 508 g/mol. The molecule has 1 aliphatic heterocycles. The highest BCUT2D eigenvalue weighted by Gasteiger charge is 2.27. The maximum absolute atomic E-state index is 14.9. The number of nitrogens with zero attached hydrogens (tertiary/aromatic N) is 5. The minimum absolute atomic E-state index is 0.126. The molecule has 1 N–H and O–H groups in total. The van der Waals surface area contributed by atoms with Crippen molar-refractivity contribution in [3.8, 4) is 11.1 Å². The summed E-state index contributed by atoms with van der Waals surface area (Å²) in [7, 11) is 0. The maximum Gasteiger partial charge on any atom is 0.229 e. The van der Waals surface area contributed by atoms with Crippen molar-refractivity contribution in [2.75, 3.05) is 30.3 Å². The van der Waals surface area contributed by atoms with Crippen LogP contribution in [0, 0.1) is 11.6 Å². The summed E-state index contributed by atoms with van der Waals surface area (Å²) in [6.07, 6.45) is 3.79. The summed E-state index contributed by atoms with van der Waals surface area (Å²) in [4.78, 5) is 15.7. The monoisotopic (exact) mass is 539 g/mol. The fraction of sp³-hybridized carbons (Fsp3) is 0.429. The van der Waals surface area contributed by atoms with E-state index in [1.807, 2.05) is 19.9 Å². The van der Waals surface area contributed by atoms with Crippen molar-refractivity contribution in [2.45, 2.75) is 50.7 Å². The van der Waals surface area contributed by atoms with Crippen molar-refractivity contribution in [1.29, 1.82) is 0 Å². The first-order valence-corrected chi connectivity index (χ1v) is 14.1. The molecule has 1 fully saturated rings. The average Bonchev–Trinajstić information content (AvgIpc) is 3.42. The van der Waals surface area contributed by atoms with Crippen molar-refractivity contribution in [3.63, 3.8) is 0 Å². The van der Waals surface area contributed by atoms with Crippen molar-refractivity contribution in [2.24, 2.45) is 0 Å². The molecule has 4 aromatic rings. The standard InChI is InChI=1S/C28H31F2N5O2S/c1-17(2)26-33-28(37-34-26)18-6-8-35(9-7-18)27-23-14-21(29)13-22(25(23)31-16-32-27)19-4-5-20(24(30)12-19)15-38-11-3-10-36/h4-5,12-14,16-18,36H,3,6-11,15H2,1-2H3. The van der Waals surface area contributed by atoms with Crippen LogP contribution in [-0.4, -0.2) is 50.7 Å². The largest absolute Gasteiger partial charge is 0.396 e. The summed E-state index contributed by atoms with van der Waals surface area (Å²) in [6.45, 7) is 5.61. The van der Waals surface area contributed by atoms with Crippen molar-refractivity contribution in [1.82, 2.24) is 20.1 Å². The highest BCUT2D eigenvalue weighted by molar-refractivity contribution is 7.98. The van der Waals surface area contributed by atoms with Gasteiger partial charge in [-0.2, -0.15) is 16.7 Å². The van der Waals surface area contributed by atoms with E-state index in [0.29, 0.717) is 64.6 Å². The van der Waals surface area contributed by atoms with Crippen molar-refractivity contribution in [3.05, 3.63) is 65.6 Å². The Morgan fingerprint density at radius 2 is 1.95 bits per heavy atom. The van der Waals surface area contributed by atoms with E-state index >= 15 is 0 Å². The van der Waals surface area contributed by atoms with Crippen LogP contribution in [0.25, 0.3) is 22.0 Å². The number of hydrogen-bond acceptors (Lipinski definition) is 8. The molecule has 7 nitrogen and oxygen atoms in total. The molecule has 1 aliphatic rings. The summed E-state index contributed by atoms with van der Waals surface area (Å²) >= 11 is 1.57. The average molecular weight is 540 g/mol. The molecule has 0 amide bonds. The van der Waals surface area contributed by atoms with Gasteiger partial charge >= 0.3 is 0 Å². The molecule has 0 atom stereocenters. The number of anilines is 1. The van der Waals surface area contributed by atoms with E-state index in [2.05, 4.69) is 25.0 Å². The van der Waals surface area contributed by atoms with E-state index in [-0.39, 0.29) is 24.3 Å². The molecule has 0 aliphatic carbocycles. The summed E-state index contributed by atoms with van der Waals surface area (Å²) in [5, 5.41) is 13.6. The zero-order valence-corrected chi connectivity index (χ0v) is 22.3. The van der Waals surface area contributed by atoms with Crippen LogP contribution < -0.4 is 4.90 Å². The highest BCUT2D eigenvalue weighted by atomic mass is 32.2. The Morgan fingerprint density at radius 1 is 1.13 bits per heavy atom. The van der Waals surface area contributed by atoms with Crippen LogP contribution >= 0.6 is 11.8 Å². The quantitative estimate of drug-likeness (QED) is 0.256. The fourth-order valence-corrected chi connectivity index (χ4v) is 5.69. The lowest BCUT2D eigenvalue weighted by molar-refractivity contribution is 0.296. The van der Waals surface area contributed by atoms with Crippen LogP contribution in [0.1, 0.15) is 62.2 Å². The van der Waals surface area contributed by atoms with Gasteiger partial charge in [0, 0.05) is 48.2 Å². The van der Waals surface area contributed by atoms with Gasteiger partial charge in [-0.05, 0) is 54.3 Å². The lowest BCUT2D eigenvalue weighted by atomic mass is 9.96. The number of aliphatic hydroxyl groups is 1. The zero-order valence-electron chi connectivity index (χ0n) is 21.5. The zero-order chi connectivity index (χ0) is 26.6. The number of piperidine rings is 1. The normalized spacial score (nSPS) is 14.6. The second-order valence-electron chi connectivity index (χ2n) is 9.89. The van der Waals surface area contributed by atoms with Crippen LogP contribution in [0.2, 0.25) is 0 Å². The fourth-order valence-electron chi connectivity index (χ4n) is 4.76. The predicted octanol–water partition coefficient (Wildman–Crippen LogP) is 6.08. The maximum atomic E-state index is 14.9. The van der Waals surface area contributed by atoms with Crippen LogP contribution in [0.15, 0.2) is 41.2 Å². The Balaban J connectivity index is 1.38. The van der Waals surface area contributed by atoms with Gasteiger partial charge in [-0.3, -0.25) is 0 Å². The number of aromatic nitrogens is 4. The van der Waals surface area contributed by atoms with Gasteiger partial charge in [0.05, 0.1) is 5.52 Å². The second-order valence-corrected chi connectivity index (χ2v) is 11.0. The van der Waals surface area contributed by atoms with Crippen LogP contribution in [0.4, 0.5) is 14.6 Å². The van der Waals surface area contributed by atoms with Crippen molar-refractivity contribution < 1.29 is 18.4 Å². The Labute approximate surface area is 224 Å². The first kappa shape index (κ1) is 26.5. The predicted molar refractivity (Wildman–Crippen MR) is 145 cm³/mol. The Kier molecular flexibility index (Phi) is 8.18. The number of benzene rings is 2. The smallest absolute Gasteiger partial charge is 0.229 e. The van der Waals surface area contributed by atoms with E-state index in [1.54, 1.807) is 17.8 Å². The third kappa shape index (κ3) is 5.66. The molecule has 200 valence electrons. The molecule has 3 heterocycles. The van der Waals surface area contributed by atoms with Crippen LogP contribution in [-0.2, 0) is 5.75 Å². The third-order valence-electron chi connectivity index (χ3n) is 6.87. The topological polar surface area (TPSA) is 88.2 Å². The number of fused-ring (bicyclic) bond motifs is 1. The van der Waals surface area contributed by atoms with Gasteiger partial charge in [0.15, 0.2) is 5.82 Å². The minimum Gasteiger partial charge on any atom is -0.396 e. The molecule has 0 radical (unpaired) electrons. The molecule has 10 heteroatoms. The molecule has 2 aromatic carbocycles. The van der Waals surface area contributed by atoms with Crippen LogP contribution in [0.3, 0.4) is 0 Å². The van der Waals surface area contributed by atoms with E-state index < -0.39 is 5.82 Å². The van der Waals surface area contributed by atoms with E-state index in [4.69, 9.17) is 9.63 Å². The Morgan fingerprint density at radius 3 is 2.66 bits per heavy atom. The molecule has 0 unspecified atom stereocenters. The summed E-state index contributed by atoms with van der Waals surface area (Å²) in [6, 6.07) is 7.84. The highest BCUT2D eigenvalue weighted by Crippen LogP contribution is 2.36. The molecular formula is C28H31F2N5O2S. The SMILES string of the molecule is CC(C)c1noc(C2CCN(c3ncnc4c(-c5ccc(CSCCCO)c(F)c5)cc(F)cc34)CC2)n1. The first-order chi connectivity index (χ1) is 18.4. The first-order valence-electron chi connectivity index (χ1n) is 12.9. The minimum atomic E-state index is -0.422. The number of thioether (sulfide) groups is 1. The van der Waals surface area contributed by atoms with Gasteiger partial charge in [0.2, 0.25) is 5.89 Å². The Hall–Kier alpha value is -3.11. The van der Waals surface area contributed by atoms with E-state index in [1.165, 1.54) is 24.5 Å². The van der Waals surface area contributed by atoms with Gasteiger partial charge in [0.25, 0.3) is 0 Å². The molecule has 2 aromatic heterocycles. The van der Waals surface area contributed by atoms with Crippen molar-refractivity contribution >= 4 is 28.5 Å². The van der Waals surface area contributed by atoms with E-state index in [0.717, 1.165) is 24.4 Å². The molecule has 0 saturated carbocycles. The van der Waals surface area contributed by atoms with Gasteiger partial charge in [-0.1, -0.05) is 31.1 Å².